The first-order chi connectivity index (χ1) is 13.8. The van der Waals surface area contributed by atoms with Gasteiger partial charge in [-0.05, 0) is 61.3 Å². The minimum absolute atomic E-state index is 0.319. The van der Waals surface area contributed by atoms with Crippen molar-refractivity contribution in [1.82, 2.24) is 14.9 Å². The summed E-state index contributed by atoms with van der Waals surface area (Å²) < 4.78 is 13.5. The number of nitrogens with one attached hydrogen (secondary N) is 1. The van der Waals surface area contributed by atoms with E-state index in [-0.39, 0.29) is 5.82 Å². The van der Waals surface area contributed by atoms with Crippen LogP contribution < -0.4 is 5.32 Å². The third kappa shape index (κ3) is 5.07. The highest BCUT2D eigenvalue weighted by molar-refractivity contribution is 6.33. The number of benzene rings is 1. The van der Waals surface area contributed by atoms with Crippen LogP contribution in [-0.2, 0) is 0 Å². The Labute approximate surface area is 177 Å². The van der Waals surface area contributed by atoms with Crippen LogP contribution in [0.1, 0.15) is 40.0 Å². The van der Waals surface area contributed by atoms with E-state index >= 15 is 0 Å². The molecule has 6 heteroatoms. The van der Waals surface area contributed by atoms with Crippen molar-refractivity contribution in [3.8, 4) is 11.1 Å². The summed E-state index contributed by atoms with van der Waals surface area (Å²) in [6.07, 6.45) is 7.03. The monoisotopic (exact) mass is 416 g/mol. The van der Waals surface area contributed by atoms with E-state index in [1.165, 1.54) is 51.0 Å². The zero-order chi connectivity index (χ0) is 20.6. The van der Waals surface area contributed by atoms with Gasteiger partial charge in [-0.25, -0.2) is 14.4 Å². The number of aromatic nitrogens is 2. The van der Waals surface area contributed by atoms with Crippen LogP contribution in [0.4, 0.5) is 10.3 Å². The standard InChI is InChI=1S/C23H30ClFN4/c1-23(2,3)6-7-29-13-15-8-19(9-16(15)14-29)28-22-26-11-17(12-27-22)20-10-18(25)4-5-21(20)24/h4-5,10-12,15-16,19H,6-9,13-14H2,1-3H3,(H,26,27,28)/t15-,16+,19?. The SMILES string of the molecule is CC(C)(C)CCN1C[C@H]2CC(Nc3ncc(-c4cc(F)ccc4Cl)cn3)C[C@H]2C1. The third-order valence-electron chi connectivity index (χ3n) is 6.23. The lowest BCUT2D eigenvalue weighted by atomic mass is 9.92. The van der Waals surface area contributed by atoms with Crippen LogP contribution in [0, 0.1) is 23.1 Å². The Bertz CT molecular complexity index is 835. The second-order valence-corrected chi connectivity index (χ2v) is 10.2. The van der Waals surface area contributed by atoms with Crippen molar-refractivity contribution in [3.63, 3.8) is 0 Å². The van der Waals surface area contributed by atoms with Crippen molar-refractivity contribution < 1.29 is 4.39 Å². The largest absolute Gasteiger partial charge is 0.351 e. The average Bonchev–Trinajstić information content (AvgIpc) is 3.20. The zero-order valence-corrected chi connectivity index (χ0v) is 18.2. The van der Waals surface area contributed by atoms with Gasteiger partial charge < -0.3 is 10.2 Å². The molecule has 2 fully saturated rings. The highest BCUT2D eigenvalue weighted by Crippen LogP contribution is 2.39. The Morgan fingerprint density at radius 1 is 1.14 bits per heavy atom. The number of likely N-dealkylation sites (tertiary alicyclic amines) is 1. The van der Waals surface area contributed by atoms with Crippen molar-refractivity contribution >= 4 is 17.5 Å². The van der Waals surface area contributed by atoms with E-state index in [2.05, 4.69) is 41.0 Å². The quantitative estimate of drug-likeness (QED) is 0.699. The fraction of sp³-hybridized carbons (Fsp3) is 0.565. The van der Waals surface area contributed by atoms with Crippen molar-refractivity contribution in [1.29, 1.82) is 0 Å². The highest BCUT2D eigenvalue weighted by Gasteiger charge is 2.40. The van der Waals surface area contributed by atoms with Crippen LogP contribution in [0.25, 0.3) is 11.1 Å². The molecule has 29 heavy (non-hydrogen) atoms. The lowest BCUT2D eigenvalue weighted by Crippen LogP contribution is -2.28. The van der Waals surface area contributed by atoms with Gasteiger partial charge in [-0.1, -0.05) is 32.4 Å². The lowest BCUT2D eigenvalue weighted by Gasteiger charge is -2.24. The van der Waals surface area contributed by atoms with Gasteiger partial charge >= 0.3 is 0 Å². The Morgan fingerprint density at radius 2 is 1.79 bits per heavy atom. The Morgan fingerprint density at radius 3 is 2.41 bits per heavy atom. The summed E-state index contributed by atoms with van der Waals surface area (Å²) in [6, 6.07) is 4.75. The van der Waals surface area contributed by atoms with Gasteiger partial charge in [-0.2, -0.15) is 0 Å². The molecule has 2 aliphatic rings. The van der Waals surface area contributed by atoms with Crippen molar-refractivity contribution in [3.05, 3.63) is 41.4 Å². The molecule has 0 bridgehead atoms. The van der Waals surface area contributed by atoms with Gasteiger partial charge in [0.25, 0.3) is 0 Å². The van der Waals surface area contributed by atoms with Gasteiger partial charge in [0, 0.05) is 47.7 Å². The lowest BCUT2D eigenvalue weighted by molar-refractivity contribution is 0.250. The molecule has 0 amide bonds. The Hall–Kier alpha value is -1.72. The topological polar surface area (TPSA) is 41.0 Å². The van der Waals surface area contributed by atoms with Gasteiger partial charge in [-0.3, -0.25) is 0 Å². The molecule has 2 heterocycles. The molecule has 0 spiro atoms. The Kier molecular flexibility index (Phi) is 5.80. The van der Waals surface area contributed by atoms with E-state index in [4.69, 9.17) is 11.6 Å². The number of hydrogen-bond donors (Lipinski definition) is 1. The molecule has 4 nitrogen and oxygen atoms in total. The first kappa shape index (κ1) is 20.5. The summed E-state index contributed by atoms with van der Waals surface area (Å²) in [7, 11) is 0. The average molecular weight is 417 g/mol. The maximum absolute atomic E-state index is 13.5. The van der Waals surface area contributed by atoms with Crippen LogP contribution in [0.15, 0.2) is 30.6 Å². The normalized spacial score (nSPS) is 24.7. The molecule has 1 aromatic heterocycles. The summed E-state index contributed by atoms with van der Waals surface area (Å²) in [5.74, 6) is 1.87. The molecular weight excluding hydrogens is 387 g/mol. The number of halogens is 2. The van der Waals surface area contributed by atoms with Crippen LogP contribution >= 0.6 is 11.6 Å². The van der Waals surface area contributed by atoms with Crippen molar-refractivity contribution in [2.45, 2.75) is 46.1 Å². The minimum atomic E-state index is -0.319. The first-order valence-corrected chi connectivity index (χ1v) is 10.9. The number of rotatable bonds is 5. The smallest absolute Gasteiger partial charge is 0.222 e. The van der Waals surface area contributed by atoms with Crippen molar-refractivity contribution in [2.24, 2.45) is 17.3 Å². The molecule has 1 aliphatic heterocycles. The number of hydrogen-bond acceptors (Lipinski definition) is 4. The van der Waals surface area contributed by atoms with Gasteiger partial charge in [0.05, 0.1) is 0 Å². The van der Waals surface area contributed by atoms with E-state index in [1.807, 2.05) is 0 Å². The van der Waals surface area contributed by atoms with E-state index in [0.717, 1.165) is 17.4 Å². The van der Waals surface area contributed by atoms with Crippen LogP contribution in [0.2, 0.25) is 5.02 Å². The molecule has 1 aliphatic carbocycles. The molecule has 1 saturated carbocycles. The molecule has 1 aromatic carbocycles. The summed E-state index contributed by atoms with van der Waals surface area (Å²) >= 11 is 6.18. The molecule has 1 unspecified atom stereocenters. The van der Waals surface area contributed by atoms with E-state index < -0.39 is 0 Å². The number of anilines is 1. The van der Waals surface area contributed by atoms with Gasteiger partial charge in [0.1, 0.15) is 5.82 Å². The number of nitrogens with zero attached hydrogens (tertiary/aromatic N) is 3. The molecule has 1 N–H and O–H groups in total. The molecule has 4 rings (SSSR count). The summed E-state index contributed by atoms with van der Waals surface area (Å²) in [6.45, 7) is 10.6. The maximum atomic E-state index is 13.5. The minimum Gasteiger partial charge on any atom is -0.351 e. The summed E-state index contributed by atoms with van der Waals surface area (Å²) in [4.78, 5) is 11.5. The van der Waals surface area contributed by atoms with Crippen molar-refractivity contribution in [2.75, 3.05) is 25.0 Å². The first-order valence-electron chi connectivity index (χ1n) is 10.5. The molecule has 1 saturated heterocycles. The van der Waals surface area contributed by atoms with E-state index in [1.54, 1.807) is 18.5 Å². The Balaban J connectivity index is 1.31. The third-order valence-corrected chi connectivity index (χ3v) is 6.56. The van der Waals surface area contributed by atoms with Gasteiger partial charge in [-0.15, -0.1) is 0 Å². The van der Waals surface area contributed by atoms with E-state index in [0.29, 0.717) is 28.0 Å². The predicted octanol–water partition coefficient (Wildman–Crippen LogP) is 5.49. The number of fused-ring (bicyclic) bond motifs is 1. The van der Waals surface area contributed by atoms with Gasteiger partial charge in [0.2, 0.25) is 5.95 Å². The second kappa shape index (κ2) is 8.19. The summed E-state index contributed by atoms with van der Waals surface area (Å²) in [5, 5.41) is 3.99. The molecule has 3 atom stereocenters. The fourth-order valence-corrected chi connectivity index (χ4v) is 4.86. The molecule has 0 radical (unpaired) electrons. The van der Waals surface area contributed by atoms with E-state index in [9.17, 15) is 4.39 Å². The molecule has 156 valence electrons. The fourth-order valence-electron chi connectivity index (χ4n) is 4.63. The molecular formula is C23H30ClFN4. The van der Waals surface area contributed by atoms with Crippen LogP contribution in [0.5, 0.6) is 0 Å². The van der Waals surface area contributed by atoms with Crippen LogP contribution in [0.3, 0.4) is 0 Å². The molecule has 2 aromatic rings. The van der Waals surface area contributed by atoms with Crippen LogP contribution in [-0.4, -0.2) is 40.5 Å². The highest BCUT2D eigenvalue weighted by atomic mass is 35.5. The maximum Gasteiger partial charge on any atom is 0.222 e. The zero-order valence-electron chi connectivity index (χ0n) is 17.5. The second-order valence-electron chi connectivity index (χ2n) is 9.82. The summed E-state index contributed by atoms with van der Waals surface area (Å²) in [5.41, 5.74) is 1.74. The van der Waals surface area contributed by atoms with Gasteiger partial charge in [0.15, 0.2) is 0 Å². The predicted molar refractivity (Wildman–Crippen MR) is 117 cm³/mol.